The van der Waals surface area contributed by atoms with Crippen molar-refractivity contribution in [1.29, 1.82) is 0 Å². The van der Waals surface area contributed by atoms with Gasteiger partial charge in [-0.05, 0) is 63.3 Å². The third-order valence-corrected chi connectivity index (χ3v) is 6.30. The quantitative estimate of drug-likeness (QED) is 0.489. The van der Waals surface area contributed by atoms with E-state index in [-0.39, 0.29) is 11.4 Å². The van der Waals surface area contributed by atoms with Crippen molar-refractivity contribution in [2.45, 2.75) is 43.7 Å². The van der Waals surface area contributed by atoms with Crippen molar-refractivity contribution in [2.24, 2.45) is 5.92 Å². The fraction of sp³-hybridized carbons (Fsp3) is 0.450. The Morgan fingerprint density at radius 2 is 2.11 bits per heavy atom. The van der Waals surface area contributed by atoms with Gasteiger partial charge in [-0.1, -0.05) is 17.7 Å². The van der Waals surface area contributed by atoms with Gasteiger partial charge in [0.2, 0.25) is 0 Å². The molecular formula is C20H24ClN5OS. The average molecular weight is 418 g/mol. The lowest BCUT2D eigenvalue weighted by molar-refractivity contribution is 0.0984. The zero-order valence-electron chi connectivity index (χ0n) is 16.0. The standard InChI is InChI=1S/C20H24ClN5OS/c1-20(2)11-13-5-4-10-22-16-6-3-7-17(24-16)28-25-19(27)14-8-9-15(21)23-18(14)26(20)12-13/h3,6-9,13H,4-5,10-12H2,1-2H3,(H,22,24)(H,25,27). The Hall–Kier alpha value is -1.99. The first-order valence-electron chi connectivity index (χ1n) is 9.55. The van der Waals surface area contributed by atoms with Gasteiger partial charge in [0.15, 0.2) is 0 Å². The van der Waals surface area contributed by atoms with Crippen molar-refractivity contribution in [3.05, 3.63) is 41.0 Å². The summed E-state index contributed by atoms with van der Waals surface area (Å²) in [6.07, 6.45) is 3.24. The Morgan fingerprint density at radius 3 is 2.96 bits per heavy atom. The lowest BCUT2D eigenvalue weighted by Crippen LogP contribution is -2.40. The summed E-state index contributed by atoms with van der Waals surface area (Å²) >= 11 is 7.41. The van der Waals surface area contributed by atoms with Crippen molar-refractivity contribution < 1.29 is 4.79 Å². The van der Waals surface area contributed by atoms with E-state index in [2.05, 4.69) is 38.8 Å². The van der Waals surface area contributed by atoms with E-state index < -0.39 is 0 Å². The van der Waals surface area contributed by atoms with E-state index in [1.807, 2.05) is 18.2 Å². The van der Waals surface area contributed by atoms with Crippen LogP contribution in [0.2, 0.25) is 5.15 Å². The molecule has 4 bridgehead atoms. The minimum absolute atomic E-state index is 0.0825. The summed E-state index contributed by atoms with van der Waals surface area (Å²) in [4.78, 5) is 24.3. The highest BCUT2D eigenvalue weighted by Crippen LogP contribution is 2.39. The molecule has 0 radical (unpaired) electrons. The maximum absolute atomic E-state index is 13.0. The number of fused-ring (bicyclic) bond motifs is 6. The van der Waals surface area contributed by atoms with Gasteiger partial charge in [0.25, 0.3) is 5.91 Å². The molecule has 1 atom stereocenters. The molecule has 2 aliphatic heterocycles. The molecular weight excluding hydrogens is 394 g/mol. The van der Waals surface area contributed by atoms with E-state index >= 15 is 0 Å². The first-order chi connectivity index (χ1) is 13.4. The van der Waals surface area contributed by atoms with Crippen molar-refractivity contribution in [1.82, 2.24) is 14.7 Å². The van der Waals surface area contributed by atoms with Gasteiger partial charge in [0.1, 0.15) is 21.8 Å². The second kappa shape index (κ2) is 7.79. The molecule has 2 N–H and O–H groups in total. The summed E-state index contributed by atoms with van der Waals surface area (Å²) < 4.78 is 2.90. The Balaban J connectivity index is 1.71. The summed E-state index contributed by atoms with van der Waals surface area (Å²) in [5.74, 6) is 1.84. The summed E-state index contributed by atoms with van der Waals surface area (Å²) in [6.45, 7) is 6.18. The molecule has 0 saturated carbocycles. The van der Waals surface area contributed by atoms with Crippen LogP contribution in [0.1, 0.15) is 43.5 Å². The normalized spacial score (nSPS) is 21.8. The summed E-state index contributed by atoms with van der Waals surface area (Å²) in [5, 5.41) is 4.52. The zero-order chi connectivity index (χ0) is 19.7. The number of nitrogens with zero attached hydrogens (tertiary/aromatic N) is 3. The van der Waals surface area contributed by atoms with Crippen molar-refractivity contribution >= 4 is 41.1 Å². The van der Waals surface area contributed by atoms with E-state index in [9.17, 15) is 4.79 Å². The highest BCUT2D eigenvalue weighted by Gasteiger charge is 2.40. The molecule has 0 aliphatic carbocycles. The average Bonchev–Trinajstić information content (AvgIpc) is 2.97. The number of nitrogens with one attached hydrogen (secondary N) is 2. The largest absolute Gasteiger partial charge is 0.370 e. The van der Waals surface area contributed by atoms with Gasteiger partial charge in [0, 0.05) is 30.6 Å². The predicted octanol–water partition coefficient (Wildman–Crippen LogP) is 4.38. The molecule has 8 heteroatoms. The molecule has 2 aliphatic rings. The van der Waals surface area contributed by atoms with Crippen LogP contribution in [-0.2, 0) is 0 Å². The molecule has 2 aromatic heterocycles. The first-order valence-corrected chi connectivity index (χ1v) is 10.7. The molecule has 6 nitrogen and oxygen atoms in total. The van der Waals surface area contributed by atoms with Gasteiger partial charge < -0.3 is 10.2 Å². The van der Waals surface area contributed by atoms with Crippen LogP contribution in [0.4, 0.5) is 11.6 Å². The number of rotatable bonds is 0. The molecule has 28 heavy (non-hydrogen) atoms. The molecule has 0 aromatic carbocycles. The van der Waals surface area contributed by atoms with E-state index in [4.69, 9.17) is 11.6 Å². The molecule has 2 aromatic rings. The van der Waals surface area contributed by atoms with Crippen LogP contribution in [0.25, 0.3) is 0 Å². The third kappa shape index (κ3) is 4.05. The van der Waals surface area contributed by atoms with E-state index in [1.165, 1.54) is 11.9 Å². The van der Waals surface area contributed by atoms with E-state index in [0.717, 1.165) is 43.2 Å². The van der Waals surface area contributed by atoms with Crippen LogP contribution in [0.3, 0.4) is 0 Å². The Kier molecular flexibility index (Phi) is 5.38. The fourth-order valence-electron chi connectivity index (χ4n) is 4.09. The van der Waals surface area contributed by atoms with Crippen LogP contribution in [0.15, 0.2) is 35.4 Å². The molecule has 1 unspecified atom stereocenters. The van der Waals surface area contributed by atoms with Crippen molar-refractivity contribution in [2.75, 3.05) is 23.3 Å². The Morgan fingerprint density at radius 1 is 1.25 bits per heavy atom. The number of aromatic nitrogens is 2. The number of halogens is 1. The number of amides is 1. The zero-order valence-corrected chi connectivity index (χ0v) is 17.6. The van der Waals surface area contributed by atoms with Gasteiger partial charge >= 0.3 is 0 Å². The second-order valence-electron chi connectivity index (χ2n) is 7.96. The predicted molar refractivity (Wildman–Crippen MR) is 114 cm³/mol. The SMILES string of the molecule is CC1(C)CC2CCCNc3cccc(n3)SNC(=O)c3ccc(Cl)nc3N1C2. The first kappa shape index (κ1) is 19.3. The molecule has 148 valence electrons. The lowest BCUT2D eigenvalue weighted by Gasteiger charge is -2.33. The summed E-state index contributed by atoms with van der Waals surface area (Å²) in [6, 6.07) is 9.19. The second-order valence-corrected chi connectivity index (χ2v) is 9.18. The van der Waals surface area contributed by atoms with E-state index in [1.54, 1.807) is 12.1 Å². The molecule has 4 heterocycles. The van der Waals surface area contributed by atoms with Crippen molar-refractivity contribution in [3.8, 4) is 0 Å². The maximum Gasteiger partial charge on any atom is 0.265 e. The molecule has 4 rings (SSSR count). The minimum Gasteiger partial charge on any atom is -0.370 e. The number of hydrogen-bond acceptors (Lipinski definition) is 6. The highest BCUT2D eigenvalue weighted by molar-refractivity contribution is 7.97. The summed E-state index contributed by atoms with van der Waals surface area (Å²) in [7, 11) is 0. The Labute approximate surface area is 174 Å². The Bertz CT molecular complexity index is 891. The number of hydrogen-bond donors (Lipinski definition) is 2. The number of pyridine rings is 2. The number of anilines is 2. The maximum atomic E-state index is 13.0. The van der Waals surface area contributed by atoms with Gasteiger partial charge in [-0.25, -0.2) is 9.97 Å². The van der Waals surface area contributed by atoms with Crippen LogP contribution in [0.5, 0.6) is 0 Å². The van der Waals surface area contributed by atoms with Crippen LogP contribution in [-0.4, -0.2) is 34.5 Å². The van der Waals surface area contributed by atoms with E-state index in [0.29, 0.717) is 22.5 Å². The van der Waals surface area contributed by atoms with Crippen LogP contribution >= 0.6 is 23.5 Å². The summed E-state index contributed by atoms with van der Waals surface area (Å²) in [5.41, 5.74) is 0.454. The van der Waals surface area contributed by atoms with Gasteiger partial charge in [-0.2, -0.15) is 0 Å². The molecule has 1 fully saturated rings. The van der Waals surface area contributed by atoms with Crippen LogP contribution in [0, 0.1) is 5.92 Å². The topological polar surface area (TPSA) is 70.1 Å². The minimum atomic E-state index is -0.196. The fourth-order valence-corrected chi connectivity index (χ4v) is 4.83. The van der Waals surface area contributed by atoms with Gasteiger partial charge in [-0.3, -0.25) is 9.52 Å². The van der Waals surface area contributed by atoms with Gasteiger partial charge in [-0.15, -0.1) is 0 Å². The number of carbonyl (C=O) groups is 1. The smallest absolute Gasteiger partial charge is 0.265 e. The molecule has 1 saturated heterocycles. The van der Waals surface area contributed by atoms with Gasteiger partial charge in [0.05, 0.1) is 5.56 Å². The highest BCUT2D eigenvalue weighted by atomic mass is 35.5. The lowest BCUT2D eigenvalue weighted by atomic mass is 9.93. The molecule has 0 spiro atoms. The monoisotopic (exact) mass is 417 g/mol. The third-order valence-electron chi connectivity index (χ3n) is 5.37. The number of carbonyl (C=O) groups excluding carboxylic acids is 1. The van der Waals surface area contributed by atoms with Crippen LogP contribution < -0.4 is 14.9 Å². The van der Waals surface area contributed by atoms with Crippen molar-refractivity contribution in [3.63, 3.8) is 0 Å². The molecule has 1 amide bonds.